The molecule has 8 heteroatoms. The van der Waals surface area contributed by atoms with Crippen LogP contribution in [0.5, 0.6) is 0 Å². The van der Waals surface area contributed by atoms with Crippen molar-refractivity contribution in [1.82, 2.24) is 15.5 Å². The molecule has 3 saturated heterocycles. The van der Waals surface area contributed by atoms with Crippen LogP contribution >= 0.6 is 11.8 Å². The van der Waals surface area contributed by atoms with Crippen LogP contribution < -0.4 is 10.6 Å². The van der Waals surface area contributed by atoms with Crippen LogP contribution in [0.2, 0.25) is 0 Å². The van der Waals surface area contributed by atoms with Crippen molar-refractivity contribution in [1.29, 1.82) is 0 Å². The van der Waals surface area contributed by atoms with Gasteiger partial charge in [0, 0.05) is 30.5 Å². The van der Waals surface area contributed by atoms with E-state index in [2.05, 4.69) is 10.6 Å². The first kappa shape index (κ1) is 22.4. The van der Waals surface area contributed by atoms with Gasteiger partial charge in [-0.25, -0.2) is 0 Å². The van der Waals surface area contributed by atoms with Crippen molar-refractivity contribution >= 4 is 29.5 Å². The molecule has 3 aliphatic heterocycles. The molecule has 0 aromatic rings. The first-order chi connectivity index (χ1) is 13.7. The number of likely N-dealkylation sites (tertiary alicyclic amines) is 1. The van der Waals surface area contributed by atoms with Crippen LogP contribution in [0.15, 0.2) is 0 Å². The Morgan fingerprint density at radius 3 is 2.62 bits per heavy atom. The Morgan fingerprint density at radius 2 is 2.00 bits per heavy atom. The van der Waals surface area contributed by atoms with E-state index in [0.29, 0.717) is 25.9 Å². The summed E-state index contributed by atoms with van der Waals surface area (Å²) in [5.74, 6) is -1.03. The predicted octanol–water partition coefficient (Wildman–Crippen LogP) is 1.29. The number of hydrogen-bond donors (Lipinski definition) is 3. The molecule has 2 unspecified atom stereocenters. The number of unbranched alkanes of at least 4 members (excludes halogenated alkanes) is 1. The Balaban J connectivity index is 1.92. The van der Waals surface area contributed by atoms with Crippen LogP contribution in [0, 0.1) is 11.8 Å². The summed E-state index contributed by atoms with van der Waals surface area (Å²) < 4.78 is -0.523. The van der Waals surface area contributed by atoms with Gasteiger partial charge < -0.3 is 20.6 Å². The number of rotatable bonds is 8. The topological polar surface area (TPSA) is 98.7 Å². The third-order valence-electron chi connectivity index (χ3n) is 6.21. The highest BCUT2D eigenvalue weighted by atomic mass is 32.2. The largest absolute Gasteiger partial charge is 0.396 e. The van der Waals surface area contributed by atoms with Crippen LogP contribution in [0.3, 0.4) is 0 Å². The Hall–Kier alpha value is -1.28. The summed E-state index contributed by atoms with van der Waals surface area (Å²) >= 11 is 1.70. The molecular weight excluding hydrogens is 390 g/mol. The minimum atomic E-state index is -0.558. The number of thioether (sulfide) groups is 1. The zero-order valence-corrected chi connectivity index (χ0v) is 18.8. The molecule has 5 atom stereocenters. The molecule has 3 heterocycles. The van der Waals surface area contributed by atoms with Gasteiger partial charge in [0.1, 0.15) is 6.04 Å². The van der Waals surface area contributed by atoms with Gasteiger partial charge >= 0.3 is 0 Å². The van der Waals surface area contributed by atoms with Gasteiger partial charge in [0.2, 0.25) is 17.7 Å². The first-order valence-electron chi connectivity index (χ1n) is 10.8. The lowest BCUT2D eigenvalue weighted by Gasteiger charge is -2.36. The second-order valence-electron chi connectivity index (χ2n) is 9.55. The number of nitrogens with one attached hydrogen (secondary N) is 2. The van der Waals surface area contributed by atoms with Gasteiger partial charge in [-0.05, 0) is 52.9 Å². The van der Waals surface area contributed by atoms with Crippen LogP contribution in [-0.4, -0.2) is 69.0 Å². The molecule has 1 spiro atoms. The normalized spacial score (nSPS) is 33.1. The van der Waals surface area contributed by atoms with E-state index < -0.39 is 22.2 Å². The summed E-state index contributed by atoms with van der Waals surface area (Å²) in [6.07, 6.45) is 3.73. The summed E-state index contributed by atoms with van der Waals surface area (Å²) in [6.45, 7) is 8.93. The molecule has 29 heavy (non-hydrogen) atoms. The van der Waals surface area contributed by atoms with Gasteiger partial charge in [-0.2, -0.15) is 0 Å². The number of aliphatic hydroxyl groups excluding tert-OH is 1. The summed E-state index contributed by atoms with van der Waals surface area (Å²) in [5.41, 5.74) is -0.398. The molecule has 3 N–H and O–H groups in total. The van der Waals surface area contributed by atoms with Crippen molar-refractivity contribution in [3.05, 3.63) is 0 Å². The average Bonchev–Trinajstić information content (AvgIpc) is 3.26. The predicted molar refractivity (Wildman–Crippen MR) is 113 cm³/mol. The lowest BCUT2D eigenvalue weighted by molar-refractivity contribution is -0.140. The number of fused-ring (bicyclic) bond motifs is 1. The monoisotopic (exact) mass is 425 g/mol. The molecule has 3 rings (SSSR count). The minimum absolute atomic E-state index is 0.0449. The Morgan fingerprint density at radius 1 is 1.28 bits per heavy atom. The Bertz CT molecular complexity index is 665. The summed E-state index contributed by atoms with van der Waals surface area (Å²) in [7, 11) is 0. The van der Waals surface area contributed by atoms with E-state index in [1.807, 2.05) is 27.7 Å². The smallest absolute Gasteiger partial charge is 0.244 e. The maximum absolute atomic E-state index is 13.5. The highest BCUT2D eigenvalue weighted by molar-refractivity contribution is 8.02. The number of amides is 3. The average molecular weight is 426 g/mol. The van der Waals surface area contributed by atoms with E-state index in [4.69, 9.17) is 5.11 Å². The molecule has 0 aromatic carbocycles. The molecule has 2 bridgehead atoms. The summed E-state index contributed by atoms with van der Waals surface area (Å²) in [4.78, 5) is 41.5. The minimum Gasteiger partial charge on any atom is -0.396 e. The zero-order valence-electron chi connectivity index (χ0n) is 18.0. The number of hydrogen-bond acceptors (Lipinski definition) is 5. The van der Waals surface area contributed by atoms with E-state index in [1.54, 1.807) is 16.7 Å². The first-order valence-corrected chi connectivity index (χ1v) is 11.7. The Kier molecular flexibility index (Phi) is 6.53. The zero-order chi connectivity index (χ0) is 21.4. The number of nitrogens with zero attached hydrogens (tertiary/aromatic N) is 1. The van der Waals surface area contributed by atoms with E-state index >= 15 is 0 Å². The highest BCUT2D eigenvalue weighted by Crippen LogP contribution is 2.66. The third-order valence-corrected chi connectivity index (χ3v) is 8.16. The van der Waals surface area contributed by atoms with Crippen LogP contribution in [0.25, 0.3) is 0 Å². The fourth-order valence-electron chi connectivity index (χ4n) is 5.19. The molecule has 0 radical (unpaired) electrons. The van der Waals surface area contributed by atoms with E-state index in [9.17, 15) is 14.4 Å². The molecule has 0 aliphatic carbocycles. The number of carbonyl (C=O) groups is 3. The van der Waals surface area contributed by atoms with Crippen LogP contribution in [0.4, 0.5) is 0 Å². The molecule has 0 aromatic heterocycles. The van der Waals surface area contributed by atoms with Crippen LogP contribution in [-0.2, 0) is 14.4 Å². The molecule has 3 aliphatic rings. The van der Waals surface area contributed by atoms with Crippen molar-refractivity contribution in [2.24, 2.45) is 11.8 Å². The van der Waals surface area contributed by atoms with Gasteiger partial charge in [-0.15, -0.1) is 11.8 Å². The fourth-order valence-corrected chi connectivity index (χ4v) is 7.41. The molecule has 164 valence electrons. The molecule has 0 saturated carbocycles. The lowest BCUT2D eigenvalue weighted by atomic mass is 9.70. The number of aliphatic hydroxyl groups is 1. The quantitative estimate of drug-likeness (QED) is 0.509. The third kappa shape index (κ3) is 4.02. The Labute approximate surface area is 177 Å². The van der Waals surface area contributed by atoms with Gasteiger partial charge in [-0.1, -0.05) is 6.92 Å². The van der Waals surface area contributed by atoms with E-state index in [1.165, 1.54) is 0 Å². The van der Waals surface area contributed by atoms with Crippen molar-refractivity contribution in [3.8, 4) is 0 Å². The van der Waals surface area contributed by atoms with Crippen molar-refractivity contribution in [2.75, 3.05) is 19.7 Å². The SMILES string of the molecule is CCCNC(=O)[C@@H]1[C@@H]2CCC3(S2)C(C(=O)NC(C)(C)C)N(CCCCO)C(=O)[C@H]13. The second kappa shape index (κ2) is 8.46. The van der Waals surface area contributed by atoms with Gasteiger partial charge in [0.15, 0.2) is 0 Å². The maximum Gasteiger partial charge on any atom is 0.244 e. The van der Waals surface area contributed by atoms with E-state index in [-0.39, 0.29) is 35.5 Å². The summed E-state index contributed by atoms with van der Waals surface area (Å²) in [6, 6.07) is -0.558. The maximum atomic E-state index is 13.5. The summed E-state index contributed by atoms with van der Waals surface area (Å²) in [5, 5.41) is 15.3. The van der Waals surface area contributed by atoms with Crippen LogP contribution in [0.1, 0.15) is 59.8 Å². The standard InChI is InChI=1S/C21H35N3O4S/c1-5-10-22-17(26)14-13-8-9-21(29-13)15(14)19(28)24(11-6-7-12-25)16(21)18(27)23-20(2,3)4/h13-16,25H,5-12H2,1-4H3,(H,22,26)(H,23,27)/t13-,14+,15-,16?,21?/m0/s1. The highest BCUT2D eigenvalue weighted by Gasteiger charge is 2.73. The molecular formula is C21H35N3O4S. The van der Waals surface area contributed by atoms with Gasteiger partial charge in [0.05, 0.1) is 16.6 Å². The van der Waals surface area contributed by atoms with Crippen molar-refractivity contribution in [3.63, 3.8) is 0 Å². The second-order valence-corrected chi connectivity index (χ2v) is 11.1. The molecule has 3 amide bonds. The molecule has 3 fully saturated rings. The van der Waals surface area contributed by atoms with Crippen molar-refractivity contribution in [2.45, 2.75) is 81.4 Å². The molecule has 7 nitrogen and oxygen atoms in total. The van der Waals surface area contributed by atoms with Gasteiger partial charge in [0.25, 0.3) is 0 Å². The number of carbonyl (C=O) groups excluding carboxylic acids is 3. The van der Waals surface area contributed by atoms with E-state index in [0.717, 1.165) is 19.3 Å². The lowest BCUT2D eigenvalue weighted by Crippen LogP contribution is -2.57. The fraction of sp³-hybridized carbons (Fsp3) is 0.857. The van der Waals surface area contributed by atoms with Gasteiger partial charge in [-0.3, -0.25) is 14.4 Å². The van der Waals surface area contributed by atoms with Crippen molar-refractivity contribution < 1.29 is 19.5 Å².